The Morgan fingerprint density at radius 1 is 1.48 bits per heavy atom. The number of nitrogens with zero attached hydrogens (tertiary/aromatic N) is 1. The molecular weight excluding hydrogens is 306 g/mol. The predicted molar refractivity (Wildman–Crippen MR) is 81.1 cm³/mol. The van der Waals surface area contributed by atoms with Crippen LogP contribution in [0.25, 0.3) is 0 Å². The van der Waals surface area contributed by atoms with Crippen LogP contribution < -0.4 is 10.1 Å². The SMILES string of the molecule is CN1CCCC(C(=O)NCC(O)COc2ccc(F)c(F)c2)C1. The highest BCUT2D eigenvalue weighted by Gasteiger charge is 2.24. The molecule has 0 spiro atoms. The minimum absolute atomic E-state index is 0.0583. The summed E-state index contributed by atoms with van der Waals surface area (Å²) in [6, 6.07) is 3.15. The van der Waals surface area contributed by atoms with E-state index in [9.17, 15) is 18.7 Å². The fourth-order valence-corrected chi connectivity index (χ4v) is 2.56. The molecule has 2 N–H and O–H groups in total. The van der Waals surface area contributed by atoms with Crippen LogP contribution in [0.15, 0.2) is 18.2 Å². The first-order valence-electron chi connectivity index (χ1n) is 7.68. The third-order valence-corrected chi connectivity index (χ3v) is 3.84. The van der Waals surface area contributed by atoms with Crippen molar-refractivity contribution in [3.63, 3.8) is 0 Å². The quantitative estimate of drug-likeness (QED) is 0.823. The van der Waals surface area contributed by atoms with E-state index in [1.807, 2.05) is 7.05 Å². The molecule has 1 aliphatic heterocycles. The molecule has 5 nitrogen and oxygen atoms in total. The molecule has 1 saturated heterocycles. The average molecular weight is 328 g/mol. The van der Waals surface area contributed by atoms with E-state index >= 15 is 0 Å². The van der Waals surface area contributed by atoms with Crippen LogP contribution in [0.4, 0.5) is 8.78 Å². The molecule has 1 aliphatic rings. The van der Waals surface area contributed by atoms with E-state index in [4.69, 9.17) is 4.74 Å². The van der Waals surface area contributed by atoms with Crippen molar-refractivity contribution in [1.29, 1.82) is 0 Å². The Bertz CT molecular complexity index is 542. The van der Waals surface area contributed by atoms with Gasteiger partial charge in [-0.05, 0) is 38.6 Å². The van der Waals surface area contributed by atoms with Gasteiger partial charge in [-0.25, -0.2) is 8.78 Å². The topological polar surface area (TPSA) is 61.8 Å². The number of aliphatic hydroxyl groups excluding tert-OH is 1. The summed E-state index contributed by atoms with van der Waals surface area (Å²) in [6.45, 7) is 1.65. The number of nitrogens with one attached hydrogen (secondary N) is 1. The first-order chi connectivity index (χ1) is 11.0. The summed E-state index contributed by atoms with van der Waals surface area (Å²) in [5, 5.41) is 12.5. The minimum atomic E-state index is -1.01. The monoisotopic (exact) mass is 328 g/mol. The van der Waals surface area contributed by atoms with Gasteiger partial charge in [0.15, 0.2) is 11.6 Å². The number of aliphatic hydroxyl groups is 1. The maximum atomic E-state index is 13.0. The number of amides is 1. The lowest BCUT2D eigenvalue weighted by Crippen LogP contribution is -2.44. The van der Waals surface area contributed by atoms with Crippen LogP contribution >= 0.6 is 0 Å². The van der Waals surface area contributed by atoms with Crippen LogP contribution in [0.1, 0.15) is 12.8 Å². The number of hydrogen-bond donors (Lipinski definition) is 2. The van der Waals surface area contributed by atoms with Gasteiger partial charge in [0, 0.05) is 19.2 Å². The van der Waals surface area contributed by atoms with E-state index in [2.05, 4.69) is 10.2 Å². The Hall–Kier alpha value is -1.73. The van der Waals surface area contributed by atoms with E-state index in [1.54, 1.807) is 0 Å². The molecule has 0 bridgehead atoms. The Morgan fingerprint density at radius 2 is 2.26 bits per heavy atom. The number of carbonyl (C=O) groups excluding carboxylic acids is 1. The molecule has 2 atom stereocenters. The number of benzene rings is 1. The van der Waals surface area contributed by atoms with Crippen molar-refractivity contribution in [1.82, 2.24) is 10.2 Å². The second-order valence-corrected chi connectivity index (χ2v) is 5.89. The zero-order valence-electron chi connectivity index (χ0n) is 13.1. The summed E-state index contributed by atoms with van der Waals surface area (Å²) >= 11 is 0. The van der Waals surface area contributed by atoms with E-state index in [1.165, 1.54) is 6.07 Å². The molecule has 0 aliphatic carbocycles. The molecule has 1 fully saturated rings. The first kappa shape index (κ1) is 17.6. The average Bonchev–Trinajstić information content (AvgIpc) is 2.53. The summed E-state index contributed by atoms with van der Waals surface area (Å²) in [4.78, 5) is 14.1. The van der Waals surface area contributed by atoms with Crippen LogP contribution in [0, 0.1) is 17.6 Å². The lowest BCUT2D eigenvalue weighted by molar-refractivity contribution is -0.127. The molecule has 2 rings (SSSR count). The Labute approximate surface area is 134 Å². The molecule has 1 aromatic rings. The second-order valence-electron chi connectivity index (χ2n) is 5.89. The number of hydrogen-bond acceptors (Lipinski definition) is 4. The highest BCUT2D eigenvalue weighted by Crippen LogP contribution is 2.16. The summed E-state index contributed by atoms with van der Waals surface area (Å²) in [6.07, 6.45) is 0.905. The molecule has 0 aromatic heterocycles. The number of rotatable bonds is 6. The molecule has 0 saturated carbocycles. The number of halogens is 2. The maximum Gasteiger partial charge on any atom is 0.224 e. The standard InChI is InChI=1S/C16H22F2N2O3/c1-20-6-2-3-11(9-20)16(22)19-8-12(21)10-23-13-4-5-14(17)15(18)7-13/h4-5,7,11-12,21H,2-3,6,8-10H2,1H3,(H,19,22). The molecule has 7 heteroatoms. The van der Waals surface area contributed by atoms with Crippen molar-refractivity contribution in [2.45, 2.75) is 18.9 Å². The number of likely N-dealkylation sites (tertiary alicyclic amines) is 1. The van der Waals surface area contributed by atoms with Crippen LogP contribution in [-0.4, -0.2) is 55.3 Å². The Kier molecular flexibility index (Phi) is 6.29. The minimum Gasteiger partial charge on any atom is -0.491 e. The summed E-state index contributed by atoms with van der Waals surface area (Å²) < 4.78 is 31.0. The first-order valence-corrected chi connectivity index (χ1v) is 7.68. The van der Waals surface area contributed by atoms with Crippen LogP contribution in [-0.2, 0) is 4.79 Å². The lowest BCUT2D eigenvalue weighted by atomic mass is 9.97. The van der Waals surface area contributed by atoms with Gasteiger partial charge >= 0.3 is 0 Å². The maximum absolute atomic E-state index is 13.0. The highest BCUT2D eigenvalue weighted by atomic mass is 19.2. The summed E-state index contributed by atoms with van der Waals surface area (Å²) in [5.41, 5.74) is 0. The number of ether oxygens (including phenoxy) is 1. The van der Waals surface area contributed by atoms with Crippen LogP contribution in [0.3, 0.4) is 0 Å². The van der Waals surface area contributed by atoms with E-state index < -0.39 is 17.7 Å². The molecule has 1 aromatic carbocycles. The van der Waals surface area contributed by atoms with Crippen molar-refractivity contribution in [2.24, 2.45) is 5.92 Å². The Morgan fingerprint density at radius 3 is 2.96 bits per heavy atom. The van der Waals surface area contributed by atoms with Gasteiger partial charge in [0.2, 0.25) is 5.91 Å². The van der Waals surface area contributed by atoms with Gasteiger partial charge in [-0.2, -0.15) is 0 Å². The summed E-state index contributed by atoms with van der Waals surface area (Å²) in [7, 11) is 1.98. The fraction of sp³-hybridized carbons (Fsp3) is 0.562. The van der Waals surface area contributed by atoms with Gasteiger partial charge in [0.25, 0.3) is 0 Å². The van der Waals surface area contributed by atoms with E-state index in [0.717, 1.165) is 31.5 Å². The fourth-order valence-electron chi connectivity index (χ4n) is 2.56. The van der Waals surface area contributed by atoms with Gasteiger partial charge < -0.3 is 20.1 Å². The molecule has 128 valence electrons. The number of carbonyl (C=O) groups is 1. The van der Waals surface area contributed by atoms with Gasteiger partial charge in [-0.1, -0.05) is 0 Å². The molecular formula is C16H22F2N2O3. The predicted octanol–water partition coefficient (Wildman–Crippen LogP) is 1.16. The molecule has 2 unspecified atom stereocenters. The zero-order valence-corrected chi connectivity index (χ0v) is 13.1. The van der Waals surface area contributed by atoms with Crippen molar-refractivity contribution < 1.29 is 23.4 Å². The van der Waals surface area contributed by atoms with Gasteiger partial charge in [-0.3, -0.25) is 4.79 Å². The van der Waals surface area contributed by atoms with Gasteiger partial charge in [0.1, 0.15) is 18.5 Å². The van der Waals surface area contributed by atoms with Crippen molar-refractivity contribution >= 4 is 5.91 Å². The third kappa shape index (κ3) is 5.44. The largest absolute Gasteiger partial charge is 0.491 e. The normalized spacial score (nSPS) is 20.1. The summed E-state index contributed by atoms with van der Waals surface area (Å²) in [5.74, 6) is -1.98. The third-order valence-electron chi connectivity index (χ3n) is 3.84. The van der Waals surface area contributed by atoms with Crippen molar-refractivity contribution in [2.75, 3.05) is 33.3 Å². The van der Waals surface area contributed by atoms with Crippen molar-refractivity contribution in [3.8, 4) is 5.75 Å². The van der Waals surface area contributed by atoms with Gasteiger partial charge in [0.05, 0.1) is 5.92 Å². The molecule has 1 heterocycles. The van der Waals surface area contributed by atoms with Crippen LogP contribution in [0.5, 0.6) is 5.75 Å². The molecule has 0 radical (unpaired) electrons. The van der Waals surface area contributed by atoms with Crippen LogP contribution in [0.2, 0.25) is 0 Å². The zero-order chi connectivity index (χ0) is 16.8. The van der Waals surface area contributed by atoms with Gasteiger partial charge in [-0.15, -0.1) is 0 Å². The Balaban J connectivity index is 1.71. The van der Waals surface area contributed by atoms with E-state index in [-0.39, 0.29) is 30.7 Å². The number of piperidine rings is 1. The molecule has 23 heavy (non-hydrogen) atoms. The molecule has 1 amide bonds. The lowest BCUT2D eigenvalue weighted by Gasteiger charge is -2.29. The highest BCUT2D eigenvalue weighted by molar-refractivity contribution is 5.78. The van der Waals surface area contributed by atoms with E-state index in [0.29, 0.717) is 6.54 Å². The van der Waals surface area contributed by atoms with Crippen molar-refractivity contribution in [3.05, 3.63) is 29.8 Å². The smallest absolute Gasteiger partial charge is 0.224 e. The second kappa shape index (κ2) is 8.21.